The standard InChI is InChI=1S/C14H28N2O3/c1-9(2)5-11(6-13(17)18)8-16-14(19)12(7-15)10(3)4/h9-12H,5-8,15H2,1-4H3,(H,16,19)(H,17,18). The third-order valence-corrected chi connectivity index (χ3v) is 3.23. The molecule has 0 rings (SSSR count). The van der Waals surface area contributed by atoms with Crippen molar-refractivity contribution < 1.29 is 14.7 Å². The molecular formula is C14H28N2O3. The van der Waals surface area contributed by atoms with Crippen LogP contribution in [-0.4, -0.2) is 30.1 Å². The molecule has 2 atom stereocenters. The smallest absolute Gasteiger partial charge is 0.303 e. The summed E-state index contributed by atoms with van der Waals surface area (Å²) in [5.41, 5.74) is 5.59. The molecule has 2 unspecified atom stereocenters. The molecule has 0 aliphatic heterocycles. The number of rotatable bonds is 9. The van der Waals surface area contributed by atoms with E-state index in [0.29, 0.717) is 19.0 Å². The van der Waals surface area contributed by atoms with Crippen molar-refractivity contribution in [3.63, 3.8) is 0 Å². The van der Waals surface area contributed by atoms with Gasteiger partial charge in [0.2, 0.25) is 5.91 Å². The van der Waals surface area contributed by atoms with E-state index in [9.17, 15) is 9.59 Å². The highest BCUT2D eigenvalue weighted by molar-refractivity contribution is 5.79. The van der Waals surface area contributed by atoms with Gasteiger partial charge in [0, 0.05) is 19.5 Å². The van der Waals surface area contributed by atoms with Gasteiger partial charge in [0.05, 0.1) is 5.92 Å². The Morgan fingerprint density at radius 3 is 2.16 bits per heavy atom. The van der Waals surface area contributed by atoms with Crippen molar-refractivity contribution in [1.29, 1.82) is 0 Å². The minimum absolute atomic E-state index is 0.0213. The minimum Gasteiger partial charge on any atom is -0.481 e. The van der Waals surface area contributed by atoms with Gasteiger partial charge in [-0.15, -0.1) is 0 Å². The first kappa shape index (κ1) is 17.9. The van der Waals surface area contributed by atoms with Crippen LogP contribution in [0.15, 0.2) is 0 Å². The van der Waals surface area contributed by atoms with Gasteiger partial charge in [-0.3, -0.25) is 9.59 Å². The Bertz CT molecular complexity index is 290. The van der Waals surface area contributed by atoms with Gasteiger partial charge in [0.1, 0.15) is 0 Å². The molecule has 0 aliphatic rings. The van der Waals surface area contributed by atoms with E-state index in [0.717, 1.165) is 6.42 Å². The first-order valence-corrected chi connectivity index (χ1v) is 6.97. The molecule has 0 aliphatic carbocycles. The topological polar surface area (TPSA) is 92.4 Å². The molecule has 0 aromatic rings. The third kappa shape index (κ3) is 7.82. The average Bonchev–Trinajstić information content (AvgIpc) is 2.24. The zero-order valence-corrected chi connectivity index (χ0v) is 12.5. The quantitative estimate of drug-likeness (QED) is 0.592. The van der Waals surface area contributed by atoms with Crippen LogP contribution in [-0.2, 0) is 9.59 Å². The van der Waals surface area contributed by atoms with Crippen LogP contribution >= 0.6 is 0 Å². The molecule has 0 aromatic carbocycles. The van der Waals surface area contributed by atoms with Gasteiger partial charge in [-0.25, -0.2) is 0 Å². The SMILES string of the molecule is CC(C)CC(CNC(=O)C(CN)C(C)C)CC(=O)O. The number of hydrogen-bond acceptors (Lipinski definition) is 3. The lowest BCUT2D eigenvalue weighted by Gasteiger charge is -2.22. The van der Waals surface area contributed by atoms with Crippen molar-refractivity contribution >= 4 is 11.9 Å². The van der Waals surface area contributed by atoms with Crippen LogP contribution in [0.3, 0.4) is 0 Å². The van der Waals surface area contributed by atoms with Gasteiger partial charge < -0.3 is 16.2 Å². The van der Waals surface area contributed by atoms with Gasteiger partial charge in [0.25, 0.3) is 0 Å². The van der Waals surface area contributed by atoms with Crippen LogP contribution in [0.4, 0.5) is 0 Å². The molecule has 1 amide bonds. The molecule has 0 saturated heterocycles. The summed E-state index contributed by atoms with van der Waals surface area (Å²) >= 11 is 0. The molecule has 19 heavy (non-hydrogen) atoms. The Morgan fingerprint density at radius 1 is 1.21 bits per heavy atom. The van der Waals surface area contributed by atoms with Crippen molar-refractivity contribution in [3.05, 3.63) is 0 Å². The number of amides is 1. The average molecular weight is 272 g/mol. The van der Waals surface area contributed by atoms with E-state index in [1.165, 1.54) is 0 Å². The Kier molecular flexibility index (Phi) is 8.39. The van der Waals surface area contributed by atoms with Crippen LogP contribution in [0, 0.1) is 23.7 Å². The van der Waals surface area contributed by atoms with E-state index in [4.69, 9.17) is 10.8 Å². The van der Waals surface area contributed by atoms with Crippen LogP contribution in [0.2, 0.25) is 0 Å². The summed E-state index contributed by atoms with van der Waals surface area (Å²) in [7, 11) is 0. The predicted octanol–water partition coefficient (Wildman–Crippen LogP) is 1.47. The van der Waals surface area contributed by atoms with Crippen molar-refractivity contribution in [2.75, 3.05) is 13.1 Å². The third-order valence-electron chi connectivity index (χ3n) is 3.23. The molecule has 4 N–H and O–H groups in total. The summed E-state index contributed by atoms with van der Waals surface area (Å²) in [4.78, 5) is 22.8. The Balaban J connectivity index is 4.36. The van der Waals surface area contributed by atoms with E-state index < -0.39 is 5.97 Å². The van der Waals surface area contributed by atoms with Crippen molar-refractivity contribution in [2.45, 2.75) is 40.5 Å². The molecule has 0 heterocycles. The number of carbonyl (C=O) groups excluding carboxylic acids is 1. The van der Waals surface area contributed by atoms with Gasteiger partial charge in [-0.2, -0.15) is 0 Å². The fourth-order valence-corrected chi connectivity index (χ4v) is 2.21. The summed E-state index contributed by atoms with van der Waals surface area (Å²) in [6.45, 7) is 8.74. The number of aliphatic carboxylic acids is 1. The van der Waals surface area contributed by atoms with Crippen LogP contribution in [0.1, 0.15) is 40.5 Å². The molecule has 0 bridgehead atoms. The van der Waals surface area contributed by atoms with Crippen LogP contribution < -0.4 is 11.1 Å². The second-order valence-electron chi connectivity index (χ2n) is 5.92. The zero-order chi connectivity index (χ0) is 15.0. The highest BCUT2D eigenvalue weighted by Gasteiger charge is 2.22. The molecule has 5 nitrogen and oxygen atoms in total. The monoisotopic (exact) mass is 272 g/mol. The lowest BCUT2D eigenvalue weighted by atomic mass is 9.92. The minimum atomic E-state index is -0.820. The maximum Gasteiger partial charge on any atom is 0.303 e. The summed E-state index contributed by atoms with van der Waals surface area (Å²) in [6, 6.07) is 0. The van der Waals surface area contributed by atoms with Crippen LogP contribution in [0.5, 0.6) is 0 Å². The summed E-state index contributed by atoms with van der Waals surface area (Å²) in [5.74, 6) is -0.517. The number of carbonyl (C=O) groups is 2. The highest BCUT2D eigenvalue weighted by Crippen LogP contribution is 2.15. The number of carboxylic acids is 1. The molecule has 0 aromatic heterocycles. The molecule has 0 fully saturated rings. The molecule has 0 saturated carbocycles. The van der Waals surface area contributed by atoms with Gasteiger partial charge in [-0.05, 0) is 24.2 Å². The number of carboxylic acid groups (broad SMARTS) is 1. The van der Waals surface area contributed by atoms with Gasteiger partial charge in [-0.1, -0.05) is 27.7 Å². The van der Waals surface area contributed by atoms with Crippen molar-refractivity contribution in [2.24, 2.45) is 29.4 Å². The normalized spacial score (nSPS) is 14.5. The zero-order valence-electron chi connectivity index (χ0n) is 12.5. The van der Waals surface area contributed by atoms with E-state index in [-0.39, 0.29) is 30.1 Å². The van der Waals surface area contributed by atoms with E-state index in [1.807, 2.05) is 27.7 Å². The lowest BCUT2D eigenvalue weighted by Crippen LogP contribution is -2.40. The molecule has 0 spiro atoms. The van der Waals surface area contributed by atoms with Gasteiger partial charge in [0.15, 0.2) is 0 Å². The highest BCUT2D eigenvalue weighted by atomic mass is 16.4. The fourth-order valence-electron chi connectivity index (χ4n) is 2.21. The van der Waals surface area contributed by atoms with E-state index >= 15 is 0 Å². The Hall–Kier alpha value is -1.10. The fraction of sp³-hybridized carbons (Fsp3) is 0.857. The largest absolute Gasteiger partial charge is 0.481 e. The number of nitrogens with two attached hydrogens (primary N) is 1. The Morgan fingerprint density at radius 2 is 1.79 bits per heavy atom. The Labute approximate surface area is 115 Å². The number of hydrogen-bond donors (Lipinski definition) is 3. The van der Waals surface area contributed by atoms with Crippen molar-refractivity contribution in [3.8, 4) is 0 Å². The summed E-state index contributed by atoms with van der Waals surface area (Å²) in [6.07, 6.45) is 0.884. The summed E-state index contributed by atoms with van der Waals surface area (Å²) < 4.78 is 0. The maximum atomic E-state index is 12.0. The van der Waals surface area contributed by atoms with Gasteiger partial charge >= 0.3 is 5.97 Å². The summed E-state index contributed by atoms with van der Waals surface area (Å²) in [5, 5.41) is 11.7. The number of nitrogens with one attached hydrogen (secondary N) is 1. The second-order valence-corrected chi connectivity index (χ2v) is 5.92. The molecular weight excluding hydrogens is 244 g/mol. The van der Waals surface area contributed by atoms with E-state index in [1.54, 1.807) is 0 Å². The maximum absolute atomic E-state index is 12.0. The molecule has 5 heteroatoms. The van der Waals surface area contributed by atoms with E-state index in [2.05, 4.69) is 5.32 Å². The first-order valence-electron chi connectivity index (χ1n) is 6.97. The second kappa shape index (κ2) is 8.91. The predicted molar refractivity (Wildman–Crippen MR) is 75.6 cm³/mol. The molecule has 0 radical (unpaired) electrons. The first-order chi connectivity index (χ1) is 8.77. The lowest BCUT2D eigenvalue weighted by molar-refractivity contribution is -0.138. The molecule has 112 valence electrons. The van der Waals surface area contributed by atoms with Crippen LogP contribution in [0.25, 0.3) is 0 Å². The van der Waals surface area contributed by atoms with Crippen molar-refractivity contribution in [1.82, 2.24) is 5.32 Å².